The first-order chi connectivity index (χ1) is 4.18. The molecule has 0 fully saturated rings. The average Bonchev–Trinajstić information content (AvgIpc) is 1.82. The van der Waals surface area contributed by atoms with Gasteiger partial charge in [-0.15, -0.1) is 5.01 Å². The molecule has 0 spiro atoms. The smallest absolute Gasteiger partial charge is 0.159 e. The molecular weight excluding hydrogens is 122 g/mol. The first kappa shape index (κ1) is 8.16. The molecule has 0 saturated carbocycles. The molecule has 0 saturated heterocycles. The second-order valence-corrected chi connectivity index (χ2v) is 1.76. The molecular formula is C4H11N3O2. The van der Waals surface area contributed by atoms with Crippen LogP contribution in [0.2, 0.25) is 0 Å². The van der Waals surface area contributed by atoms with Crippen LogP contribution < -0.4 is 5.73 Å². The molecule has 0 aliphatic heterocycles. The van der Waals surface area contributed by atoms with E-state index in [4.69, 9.17) is 5.73 Å². The number of nitrogens with two attached hydrogens (primary N) is 1. The SMILES string of the molecule is CN(CCCN)[N+](=O)[O-]. The molecule has 0 radical (unpaired) electrons. The van der Waals surface area contributed by atoms with E-state index in [0.717, 1.165) is 5.01 Å². The summed E-state index contributed by atoms with van der Waals surface area (Å²) in [5, 5.41) is 10.5. The van der Waals surface area contributed by atoms with Crippen LogP contribution in [0.1, 0.15) is 6.42 Å². The monoisotopic (exact) mass is 133 g/mol. The molecule has 0 rings (SSSR count). The highest BCUT2D eigenvalue weighted by Crippen LogP contribution is 1.83. The molecule has 0 unspecified atom stereocenters. The number of hydrogen-bond acceptors (Lipinski definition) is 3. The molecule has 5 nitrogen and oxygen atoms in total. The highest BCUT2D eigenvalue weighted by Gasteiger charge is 2.03. The van der Waals surface area contributed by atoms with Gasteiger partial charge in [-0.1, -0.05) is 0 Å². The predicted molar refractivity (Wildman–Crippen MR) is 33.3 cm³/mol. The second-order valence-electron chi connectivity index (χ2n) is 1.76. The molecule has 0 bridgehead atoms. The van der Waals surface area contributed by atoms with Crippen LogP contribution in [0.15, 0.2) is 0 Å². The normalized spacial score (nSPS) is 9.11. The highest BCUT2D eigenvalue weighted by molar-refractivity contribution is 4.39. The van der Waals surface area contributed by atoms with Crippen molar-refractivity contribution in [3.05, 3.63) is 10.1 Å². The Labute approximate surface area is 53.6 Å². The van der Waals surface area contributed by atoms with E-state index >= 15 is 0 Å². The van der Waals surface area contributed by atoms with Gasteiger partial charge in [0.05, 0.1) is 13.6 Å². The Hall–Kier alpha value is -0.840. The number of nitrogens with zero attached hydrogens (tertiary/aromatic N) is 2. The van der Waals surface area contributed by atoms with Crippen LogP contribution in [0.25, 0.3) is 0 Å². The largest absolute Gasteiger partial charge is 0.330 e. The summed E-state index contributed by atoms with van der Waals surface area (Å²) in [5.41, 5.74) is 5.13. The van der Waals surface area contributed by atoms with Crippen LogP contribution in [0, 0.1) is 10.1 Å². The van der Waals surface area contributed by atoms with E-state index in [2.05, 4.69) is 0 Å². The van der Waals surface area contributed by atoms with Gasteiger partial charge in [0, 0.05) is 0 Å². The van der Waals surface area contributed by atoms with E-state index in [-0.39, 0.29) is 0 Å². The Morgan fingerprint density at radius 1 is 1.78 bits per heavy atom. The standard InChI is InChI=1S/C4H11N3O2/c1-6(7(8)9)4-2-3-5/h2-5H2,1H3. The maximum absolute atomic E-state index is 9.90. The molecule has 54 valence electrons. The van der Waals surface area contributed by atoms with Crippen molar-refractivity contribution in [2.24, 2.45) is 5.73 Å². The van der Waals surface area contributed by atoms with Crippen LogP contribution in [0.3, 0.4) is 0 Å². The lowest BCUT2D eigenvalue weighted by molar-refractivity contribution is -0.648. The van der Waals surface area contributed by atoms with Gasteiger partial charge in [0.1, 0.15) is 0 Å². The van der Waals surface area contributed by atoms with Gasteiger partial charge in [-0.25, -0.2) is 10.1 Å². The summed E-state index contributed by atoms with van der Waals surface area (Å²) in [4.78, 5) is 9.90. The molecule has 0 aliphatic carbocycles. The van der Waals surface area contributed by atoms with Crippen LogP contribution in [-0.2, 0) is 0 Å². The molecule has 5 heteroatoms. The van der Waals surface area contributed by atoms with Crippen molar-refractivity contribution in [1.82, 2.24) is 5.01 Å². The quantitative estimate of drug-likeness (QED) is 0.413. The molecule has 2 N–H and O–H groups in total. The lowest BCUT2D eigenvalue weighted by atomic mass is 10.4. The van der Waals surface area contributed by atoms with Crippen LogP contribution in [0.5, 0.6) is 0 Å². The topological polar surface area (TPSA) is 72.4 Å². The lowest BCUT2D eigenvalue weighted by Gasteiger charge is -2.05. The molecule has 0 atom stereocenters. The summed E-state index contributed by atoms with van der Waals surface area (Å²) in [7, 11) is 1.43. The zero-order chi connectivity index (χ0) is 7.28. The maximum atomic E-state index is 9.90. The fourth-order valence-electron chi connectivity index (χ4n) is 0.402. The van der Waals surface area contributed by atoms with Crippen LogP contribution >= 0.6 is 0 Å². The van der Waals surface area contributed by atoms with Crippen LogP contribution in [-0.4, -0.2) is 30.2 Å². The summed E-state index contributed by atoms with van der Waals surface area (Å²) < 4.78 is 0. The van der Waals surface area contributed by atoms with Gasteiger partial charge in [0.25, 0.3) is 0 Å². The van der Waals surface area contributed by atoms with E-state index in [0.29, 0.717) is 19.5 Å². The van der Waals surface area contributed by atoms with Gasteiger partial charge in [0.15, 0.2) is 5.03 Å². The van der Waals surface area contributed by atoms with Gasteiger partial charge in [-0.3, -0.25) is 0 Å². The fraction of sp³-hybridized carbons (Fsp3) is 1.00. The average molecular weight is 133 g/mol. The third kappa shape index (κ3) is 3.72. The number of hydrogen-bond donors (Lipinski definition) is 1. The summed E-state index contributed by atoms with van der Waals surface area (Å²) in [6.07, 6.45) is 0.664. The first-order valence-corrected chi connectivity index (χ1v) is 2.74. The van der Waals surface area contributed by atoms with Gasteiger partial charge in [-0.2, -0.15) is 0 Å². The minimum absolute atomic E-state index is 0.420. The highest BCUT2D eigenvalue weighted by atomic mass is 16.7. The van der Waals surface area contributed by atoms with Crippen molar-refractivity contribution in [1.29, 1.82) is 0 Å². The first-order valence-electron chi connectivity index (χ1n) is 2.74. The van der Waals surface area contributed by atoms with E-state index in [1.807, 2.05) is 0 Å². The maximum Gasteiger partial charge on any atom is 0.159 e. The zero-order valence-corrected chi connectivity index (χ0v) is 5.41. The summed E-state index contributed by atoms with van der Waals surface area (Å²) >= 11 is 0. The second kappa shape index (κ2) is 4.08. The minimum atomic E-state index is -0.449. The van der Waals surface area contributed by atoms with E-state index < -0.39 is 5.03 Å². The Morgan fingerprint density at radius 3 is 2.67 bits per heavy atom. The minimum Gasteiger partial charge on any atom is -0.330 e. The van der Waals surface area contributed by atoms with E-state index in [9.17, 15) is 10.1 Å². The molecule has 0 heterocycles. The zero-order valence-electron chi connectivity index (χ0n) is 5.41. The van der Waals surface area contributed by atoms with Gasteiger partial charge in [0.2, 0.25) is 0 Å². The summed E-state index contributed by atoms with van der Waals surface area (Å²) in [6, 6.07) is 0. The van der Waals surface area contributed by atoms with E-state index in [1.165, 1.54) is 7.05 Å². The van der Waals surface area contributed by atoms with Gasteiger partial charge in [-0.05, 0) is 13.0 Å². The molecule has 0 amide bonds. The fourth-order valence-corrected chi connectivity index (χ4v) is 0.402. The summed E-state index contributed by atoms with van der Waals surface area (Å²) in [6.45, 7) is 0.918. The van der Waals surface area contributed by atoms with Gasteiger partial charge >= 0.3 is 0 Å². The third-order valence-electron chi connectivity index (χ3n) is 0.965. The Balaban J connectivity index is 3.27. The molecule has 0 aromatic heterocycles. The van der Waals surface area contributed by atoms with Crippen molar-refractivity contribution >= 4 is 0 Å². The van der Waals surface area contributed by atoms with Crippen molar-refractivity contribution < 1.29 is 5.03 Å². The summed E-state index contributed by atoms with van der Waals surface area (Å²) in [5.74, 6) is 0. The lowest BCUT2D eigenvalue weighted by Crippen LogP contribution is -2.27. The van der Waals surface area contributed by atoms with Gasteiger partial charge < -0.3 is 5.73 Å². The molecule has 9 heavy (non-hydrogen) atoms. The van der Waals surface area contributed by atoms with Crippen molar-refractivity contribution in [2.75, 3.05) is 20.1 Å². The van der Waals surface area contributed by atoms with Crippen molar-refractivity contribution in [2.45, 2.75) is 6.42 Å². The van der Waals surface area contributed by atoms with Crippen LogP contribution in [0.4, 0.5) is 0 Å². The number of nitro groups is 1. The number of rotatable bonds is 4. The number of hydrazine groups is 1. The Bertz CT molecular complexity index is 95.8. The molecule has 0 aliphatic rings. The predicted octanol–water partition coefficient (Wildman–Crippen LogP) is -0.541. The molecule has 0 aromatic carbocycles. The van der Waals surface area contributed by atoms with Crippen molar-refractivity contribution in [3.63, 3.8) is 0 Å². The molecule has 0 aromatic rings. The Morgan fingerprint density at radius 2 is 2.33 bits per heavy atom. The van der Waals surface area contributed by atoms with Crippen molar-refractivity contribution in [3.8, 4) is 0 Å². The Kier molecular flexibility index (Phi) is 3.70. The van der Waals surface area contributed by atoms with E-state index in [1.54, 1.807) is 0 Å². The third-order valence-corrected chi connectivity index (χ3v) is 0.965.